The molecule has 136 valence electrons. The molecule has 0 atom stereocenters. The summed E-state index contributed by atoms with van der Waals surface area (Å²) in [6, 6.07) is 4.33. The zero-order chi connectivity index (χ0) is 18.4. The lowest BCUT2D eigenvalue weighted by Gasteiger charge is -2.09. The molecular weight excluding hydrogens is 375 g/mol. The standard InChI is InChI=1S/C12H14F3NO6S2/c1-21-8-7-16-23(17,18)9-6-10-2-4-11(5-3-10)22-24(19,20)12(13,14)15/h2-6,9,16H,7-8H2,1H3. The van der Waals surface area contributed by atoms with Gasteiger partial charge in [0.1, 0.15) is 5.75 Å². The minimum Gasteiger partial charge on any atom is -0.383 e. The van der Waals surface area contributed by atoms with Gasteiger partial charge in [-0.2, -0.15) is 21.6 Å². The number of rotatable bonds is 8. The fourth-order valence-corrected chi connectivity index (χ4v) is 2.57. The van der Waals surface area contributed by atoms with Crippen LogP contribution in [0, 0.1) is 0 Å². The van der Waals surface area contributed by atoms with E-state index in [-0.39, 0.29) is 13.2 Å². The van der Waals surface area contributed by atoms with Gasteiger partial charge in [-0.05, 0) is 23.8 Å². The van der Waals surface area contributed by atoms with E-state index < -0.39 is 31.4 Å². The van der Waals surface area contributed by atoms with Gasteiger partial charge < -0.3 is 8.92 Å². The van der Waals surface area contributed by atoms with Gasteiger partial charge in [0.2, 0.25) is 10.0 Å². The van der Waals surface area contributed by atoms with Crippen molar-refractivity contribution in [3.05, 3.63) is 35.2 Å². The van der Waals surface area contributed by atoms with Crippen molar-refractivity contribution in [3.63, 3.8) is 0 Å². The molecule has 0 saturated heterocycles. The monoisotopic (exact) mass is 389 g/mol. The Bertz CT molecular complexity index is 770. The number of sulfonamides is 1. The van der Waals surface area contributed by atoms with Crippen LogP contribution in [0.4, 0.5) is 13.2 Å². The van der Waals surface area contributed by atoms with Gasteiger partial charge in [-0.15, -0.1) is 0 Å². The Balaban J connectivity index is 2.77. The Morgan fingerprint density at radius 3 is 2.21 bits per heavy atom. The average Bonchev–Trinajstić information content (AvgIpc) is 2.45. The Hall–Kier alpha value is -1.63. The van der Waals surface area contributed by atoms with Crippen LogP contribution in [0.3, 0.4) is 0 Å². The summed E-state index contributed by atoms with van der Waals surface area (Å²) in [5.41, 5.74) is -5.23. The van der Waals surface area contributed by atoms with Crippen LogP contribution in [0.25, 0.3) is 6.08 Å². The summed E-state index contributed by atoms with van der Waals surface area (Å²) in [5, 5.41) is 0.852. The highest BCUT2D eigenvalue weighted by Crippen LogP contribution is 2.27. The topological polar surface area (TPSA) is 98.8 Å². The lowest BCUT2D eigenvalue weighted by atomic mass is 10.2. The highest BCUT2D eigenvalue weighted by molar-refractivity contribution is 7.92. The molecule has 0 saturated carbocycles. The Morgan fingerprint density at radius 2 is 1.71 bits per heavy atom. The largest absolute Gasteiger partial charge is 0.534 e. The smallest absolute Gasteiger partial charge is 0.383 e. The molecule has 24 heavy (non-hydrogen) atoms. The van der Waals surface area contributed by atoms with Crippen molar-refractivity contribution >= 4 is 26.2 Å². The van der Waals surface area contributed by atoms with E-state index in [1.54, 1.807) is 0 Å². The summed E-state index contributed by atoms with van der Waals surface area (Å²) in [5.74, 6) is -0.550. The molecule has 0 aliphatic carbocycles. The first-order valence-electron chi connectivity index (χ1n) is 6.24. The molecule has 0 aromatic heterocycles. The van der Waals surface area contributed by atoms with Crippen molar-refractivity contribution < 1.29 is 38.9 Å². The molecule has 1 aromatic carbocycles. The van der Waals surface area contributed by atoms with E-state index in [4.69, 9.17) is 0 Å². The summed E-state index contributed by atoms with van der Waals surface area (Å²) >= 11 is 0. The molecular formula is C12H14F3NO6S2. The molecule has 0 unspecified atom stereocenters. The molecule has 1 rings (SSSR count). The molecule has 7 nitrogen and oxygen atoms in total. The molecule has 0 aliphatic rings. The number of hydrogen-bond acceptors (Lipinski definition) is 6. The fraction of sp³-hybridized carbons (Fsp3) is 0.333. The number of nitrogens with one attached hydrogen (secondary N) is 1. The van der Waals surface area contributed by atoms with Gasteiger partial charge in [-0.1, -0.05) is 12.1 Å². The quantitative estimate of drug-likeness (QED) is 0.411. The number of ether oxygens (including phenoxy) is 1. The van der Waals surface area contributed by atoms with Crippen LogP contribution in [0.2, 0.25) is 0 Å². The zero-order valence-electron chi connectivity index (χ0n) is 12.3. The minimum absolute atomic E-state index is 0.0747. The lowest BCUT2D eigenvalue weighted by molar-refractivity contribution is -0.0500. The third kappa shape index (κ3) is 6.47. The predicted molar refractivity (Wildman–Crippen MR) is 79.9 cm³/mol. The van der Waals surface area contributed by atoms with Crippen LogP contribution < -0.4 is 8.91 Å². The van der Waals surface area contributed by atoms with E-state index in [0.29, 0.717) is 5.56 Å². The summed E-state index contributed by atoms with van der Waals surface area (Å²) in [6.45, 7) is 0.262. The molecule has 0 aliphatic heterocycles. The SMILES string of the molecule is COCCNS(=O)(=O)C=Cc1ccc(OS(=O)(=O)C(F)(F)F)cc1. The van der Waals surface area contributed by atoms with Crippen molar-refractivity contribution in [1.29, 1.82) is 0 Å². The second-order valence-corrected chi connectivity index (χ2v) is 7.48. The third-order valence-electron chi connectivity index (χ3n) is 2.42. The molecule has 12 heteroatoms. The van der Waals surface area contributed by atoms with E-state index >= 15 is 0 Å². The fourth-order valence-electron chi connectivity index (χ4n) is 1.31. The Kier molecular flexibility index (Phi) is 6.77. The Morgan fingerprint density at radius 1 is 1.12 bits per heavy atom. The van der Waals surface area contributed by atoms with Gasteiger partial charge in [0.15, 0.2) is 0 Å². The first kappa shape index (κ1) is 20.4. The van der Waals surface area contributed by atoms with Gasteiger partial charge >= 0.3 is 15.6 Å². The van der Waals surface area contributed by atoms with Crippen LogP contribution in [0.15, 0.2) is 29.7 Å². The van der Waals surface area contributed by atoms with Gasteiger partial charge in [-0.3, -0.25) is 0 Å². The maximum Gasteiger partial charge on any atom is 0.534 e. The molecule has 0 fully saturated rings. The summed E-state index contributed by atoms with van der Waals surface area (Å²) in [4.78, 5) is 0. The van der Waals surface area contributed by atoms with E-state index in [9.17, 15) is 30.0 Å². The van der Waals surface area contributed by atoms with Crippen molar-refractivity contribution in [1.82, 2.24) is 4.72 Å². The van der Waals surface area contributed by atoms with Crippen LogP contribution >= 0.6 is 0 Å². The Labute approximate surface area is 137 Å². The normalized spacial score (nSPS) is 13.3. The van der Waals surface area contributed by atoms with Gasteiger partial charge in [-0.25, -0.2) is 13.1 Å². The summed E-state index contributed by atoms with van der Waals surface area (Å²) in [6.07, 6.45) is 1.18. The van der Waals surface area contributed by atoms with E-state index in [0.717, 1.165) is 17.5 Å². The first-order chi connectivity index (χ1) is 11.0. The van der Waals surface area contributed by atoms with E-state index in [1.807, 2.05) is 0 Å². The van der Waals surface area contributed by atoms with Gasteiger partial charge in [0.25, 0.3) is 0 Å². The molecule has 1 aromatic rings. The molecule has 0 amide bonds. The van der Waals surface area contributed by atoms with Crippen LogP contribution in [0.1, 0.15) is 5.56 Å². The number of alkyl halides is 3. The average molecular weight is 389 g/mol. The maximum atomic E-state index is 12.2. The lowest BCUT2D eigenvalue weighted by Crippen LogP contribution is -2.28. The summed E-state index contributed by atoms with van der Waals surface area (Å²) in [7, 11) is -8.04. The first-order valence-corrected chi connectivity index (χ1v) is 9.20. The third-order valence-corrected chi connectivity index (χ3v) is 4.50. The maximum absolute atomic E-state index is 12.2. The molecule has 0 spiro atoms. The predicted octanol–water partition coefficient (Wildman–Crippen LogP) is 1.45. The highest BCUT2D eigenvalue weighted by Gasteiger charge is 2.48. The zero-order valence-corrected chi connectivity index (χ0v) is 13.9. The second kappa shape index (κ2) is 7.96. The molecule has 0 radical (unpaired) electrons. The number of methoxy groups -OCH3 is 1. The van der Waals surface area contributed by atoms with Crippen molar-refractivity contribution in [2.75, 3.05) is 20.3 Å². The number of halogens is 3. The van der Waals surface area contributed by atoms with E-state index in [2.05, 4.69) is 13.6 Å². The summed E-state index contributed by atoms with van der Waals surface area (Å²) < 4.78 is 92.1. The van der Waals surface area contributed by atoms with Gasteiger partial charge in [0.05, 0.1) is 6.61 Å². The molecule has 1 N–H and O–H groups in total. The van der Waals surface area contributed by atoms with E-state index in [1.165, 1.54) is 25.3 Å². The molecule has 0 bridgehead atoms. The van der Waals surface area contributed by atoms with Crippen LogP contribution in [-0.4, -0.2) is 42.6 Å². The van der Waals surface area contributed by atoms with Crippen LogP contribution in [-0.2, 0) is 24.9 Å². The highest BCUT2D eigenvalue weighted by atomic mass is 32.2. The molecule has 0 heterocycles. The minimum atomic E-state index is -5.75. The van der Waals surface area contributed by atoms with Crippen molar-refractivity contribution in [2.45, 2.75) is 5.51 Å². The van der Waals surface area contributed by atoms with Crippen molar-refractivity contribution in [3.8, 4) is 5.75 Å². The number of benzene rings is 1. The number of hydrogen-bond donors (Lipinski definition) is 1. The van der Waals surface area contributed by atoms with Gasteiger partial charge in [0, 0.05) is 19.1 Å². The van der Waals surface area contributed by atoms with Crippen LogP contribution in [0.5, 0.6) is 5.75 Å². The second-order valence-electron chi connectivity index (χ2n) is 4.29. The van der Waals surface area contributed by atoms with Crippen molar-refractivity contribution in [2.24, 2.45) is 0 Å².